The van der Waals surface area contributed by atoms with Crippen molar-refractivity contribution in [1.82, 2.24) is 4.90 Å². The van der Waals surface area contributed by atoms with Gasteiger partial charge in [-0.15, -0.1) is 11.8 Å². The molecule has 0 N–H and O–H groups in total. The van der Waals surface area contributed by atoms with Crippen LogP contribution >= 0.6 is 11.8 Å². The van der Waals surface area contributed by atoms with Gasteiger partial charge in [0.05, 0.1) is 5.25 Å². The first-order valence-corrected chi connectivity index (χ1v) is 9.50. The van der Waals surface area contributed by atoms with Crippen LogP contribution in [0.25, 0.3) is 0 Å². The molecule has 25 heavy (non-hydrogen) atoms. The van der Waals surface area contributed by atoms with Gasteiger partial charge in [-0.05, 0) is 42.7 Å². The van der Waals surface area contributed by atoms with Gasteiger partial charge in [-0.2, -0.15) is 0 Å². The number of hydrogen-bond donors (Lipinski definition) is 0. The number of nitrogens with zero attached hydrogens (tertiary/aromatic N) is 1. The van der Waals surface area contributed by atoms with Crippen molar-refractivity contribution >= 4 is 17.7 Å². The molecule has 0 bridgehead atoms. The number of amides is 1. The molecule has 2 aromatic carbocycles. The Hall–Kier alpha value is -2.14. The smallest absolute Gasteiger partial charge is 0.236 e. The zero-order valence-electron chi connectivity index (χ0n) is 14.2. The molecule has 0 aliphatic carbocycles. The summed E-state index contributed by atoms with van der Waals surface area (Å²) < 4.78 is 11.2. The minimum Gasteiger partial charge on any atom is -0.486 e. The van der Waals surface area contributed by atoms with Gasteiger partial charge in [0.1, 0.15) is 13.2 Å². The predicted octanol–water partition coefficient (Wildman–Crippen LogP) is 3.52. The summed E-state index contributed by atoms with van der Waals surface area (Å²) in [6.07, 6.45) is 0.934. The largest absolute Gasteiger partial charge is 0.486 e. The van der Waals surface area contributed by atoms with Gasteiger partial charge >= 0.3 is 0 Å². The molecule has 0 fully saturated rings. The van der Waals surface area contributed by atoms with Crippen molar-refractivity contribution < 1.29 is 14.3 Å². The van der Waals surface area contributed by atoms with Crippen LogP contribution in [-0.2, 0) is 17.8 Å². The van der Waals surface area contributed by atoms with Gasteiger partial charge in [-0.1, -0.05) is 24.3 Å². The average molecular weight is 355 g/mol. The summed E-state index contributed by atoms with van der Waals surface area (Å²) in [5.41, 5.74) is 2.62. The fourth-order valence-electron chi connectivity index (χ4n) is 3.29. The van der Waals surface area contributed by atoms with Crippen LogP contribution in [0, 0.1) is 0 Å². The van der Waals surface area contributed by atoms with E-state index in [-0.39, 0.29) is 11.2 Å². The summed E-state index contributed by atoms with van der Waals surface area (Å²) in [7, 11) is 0. The molecule has 2 aliphatic heterocycles. The first kappa shape index (κ1) is 16.3. The van der Waals surface area contributed by atoms with E-state index in [9.17, 15) is 4.79 Å². The van der Waals surface area contributed by atoms with Crippen molar-refractivity contribution in [3.8, 4) is 11.5 Å². The number of rotatable bonds is 3. The third-order valence-corrected chi connectivity index (χ3v) is 5.70. The van der Waals surface area contributed by atoms with Crippen LogP contribution in [0.1, 0.15) is 18.1 Å². The molecule has 5 heteroatoms. The van der Waals surface area contributed by atoms with Gasteiger partial charge in [0.15, 0.2) is 11.5 Å². The molecule has 1 atom stereocenters. The van der Waals surface area contributed by atoms with Crippen LogP contribution in [0.4, 0.5) is 0 Å². The summed E-state index contributed by atoms with van der Waals surface area (Å²) in [6, 6.07) is 14.3. The highest BCUT2D eigenvalue weighted by Gasteiger charge is 2.25. The second-order valence-corrected chi connectivity index (χ2v) is 7.76. The van der Waals surface area contributed by atoms with E-state index >= 15 is 0 Å². The van der Waals surface area contributed by atoms with Crippen LogP contribution in [-0.4, -0.2) is 35.8 Å². The molecule has 1 amide bonds. The van der Waals surface area contributed by atoms with E-state index in [0.29, 0.717) is 19.8 Å². The Bertz CT molecular complexity index is 792. The van der Waals surface area contributed by atoms with E-state index in [1.807, 2.05) is 36.1 Å². The van der Waals surface area contributed by atoms with Crippen molar-refractivity contribution in [1.29, 1.82) is 0 Å². The highest BCUT2D eigenvalue weighted by Crippen LogP contribution is 2.36. The molecule has 2 heterocycles. The van der Waals surface area contributed by atoms with E-state index in [4.69, 9.17) is 9.47 Å². The molecule has 130 valence electrons. The summed E-state index contributed by atoms with van der Waals surface area (Å²) in [4.78, 5) is 15.9. The number of carbonyl (C=O) groups is 1. The Morgan fingerprint density at radius 3 is 2.68 bits per heavy atom. The molecule has 4 rings (SSSR count). The Balaban J connectivity index is 1.43. The topological polar surface area (TPSA) is 38.8 Å². The fourth-order valence-corrected chi connectivity index (χ4v) is 4.27. The summed E-state index contributed by atoms with van der Waals surface area (Å²) in [5.74, 6) is 1.74. The Kier molecular flexibility index (Phi) is 4.57. The number of ether oxygens (including phenoxy) is 2. The van der Waals surface area contributed by atoms with Crippen LogP contribution in [0.15, 0.2) is 47.4 Å². The lowest BCUT2D eigenvalue weighted by Gasteiger charge is -2.30. The zero-order chi connectivity index (χ0) is 17.2. The lowest BCUT2D eigenvalue weighted by molar-refractivity contribution is -0.131. The third kappa shape index (κ3) is 3.47. The lowest BCUT2D eigenvalue weighted by Crippen LogP contribution is -2.40. The van der Waals surface area contributed by atoms with Gasteiger partial charge in [0.25, 0.3) is 0 Å². The van der Waals surface area contributed by atoms with E-state index < -0.39 is 0 Å². The fraction of sp³-hybridized carbons (Fsp3) is 0.350. The van der Waals surface area contributed by atoms with Gasteiger partial charge in [-0.3, -0.25) is 4.79 Å². The molecule has 0 aromatic heterocycles. The number of carbonyl (C=O) groups excluding carboxylic acids is 1. The molecule has 4 nitrogen and oxygen atoms in total. The Morgan fingerprint density at radius 2 is 1.84 bits per heavy atom. The lowest BCUT2D eigenvalue weighted by atomic mass is 10.00. The maximum absolute atomic E-state index is 12.9. The summed E-state index contributed by atoms with van der Waals surface area (Å²) in [5, 5.41) is -0.132. The predicted molar refractivity (Wildman–Crippen MR) is 98.3 cm³/mol. The first-order valence-electron chi connectivity index (χ1n) is 8.62. The van der Waals surface area contributed by atoms with Crippen molar-refractivity contribution in [2.75, 3.05) is 19.8 Å². The van der Waals surface area contributed by atoms with Gasteiger partial charge in [0, 0.05) is 18.0 Å². The second-order valence-electron chi connectivity index (χ2n) is 6.34. The molecule has 0 saturated heterocycles. The van der Waals surface area contributed by atoms with Crippen LogP contribution < -0.4 is 9.47 Å². The number of thioether (sulfide) groups is 1. The summed E-state index contributed by atoms with van der Waals surface area (Å²) >= 11 is 1.57. The quantitative estimate of drug-likeness (QED) is 0.790. The standard InChI is InChI=1S/C20H21NO3S/c1-14(25-17-6-7-18-19(12-17)24-11-10-23-18)20(22)21-9-8-15-4-2-3-5-16(15)13-21/h2-7,12,14H,8-11,13H2,1H3. The molecule has 1 unspecified atom stereocenters. The average Bonchev–Trinajstić information content (AvgIpc) is 2.67. The van der Waals surface area contributed by atoms with Crippen LogP contribution in [0.2, 0.25) is 0 Å². The van der Waals surface area contributed by atoms with E-state index in [1.54, 1.807) is 11.8 Å². The Morgan fingerprint density at radius 1 is 1.08 bits per heavy atom. The molecular formula is C20H21NO3S. The molecule has 2 aliphatic rings. The van der Waals surface area contributed by atoms with Gasteiger partial charge in [-0.25, -0.2) is 0 Å². The molecule has 0 radical (unpaired) electrons. The highest BCUT2D eigenvalue weighted by atomic mass is 32.2. The maximum Gasteiger partial charge on any atom is 0.236 e. The minimum atomic E-state index is -0.132. The van der Waals surface area contributed by atoms with E-state index in [2.05, 4.69) is 18.2 Å². The van der Waals surface area contributed by atoms with Gasteiger partial charge in [0.2, 0.25) is 5.91 Å². The molecular weight excluding hydrogens is 334 g/mol. The summed E-state index contributed by atoms with van der Waals surface area (Å²) in [6.45, 7) is 4.64. The molecule has 0 saturated carbocycles. The third-order valence-electron chi connectivity index (χ3n) is 4.62. The van der Waals surface area contributed by atoms with Crippen LogP contribution in [0.3, 0.4) is 0 Å². The van der Waals surface area contributed by atoms with E-state index in [0.717, 1.165) is 29.4 Å². The van der Waals surface area contributed by atoms with E-state index in [1.165, 1.54) is 11.1 Å². The van der Waals surface area contributed by atoms with Crippen molar-refractivity contribution in [3.05, 3.63) is 53.6 Å². The Labute approximate surface area is 152 Å². The second kappa shape index (κ2) is 7.00. The molecule has 0 spiro atoms. The van der Waals surface area contributed by atoms with Crippen LogP contribution in [0.5, 0.6) is 11.5 Å². The minimum absolute atomic E-state index is 0.132. The number of hydrogen-bond acceptors (Lipinski definition) is 4. The zero-order valence-corrected chi connectivity index (χ0v) is 15.1. The van der Waals surface area contributed by atoms with Crippen molar-refractivity contribution in [2.24, 2.45) is 0 Å². The maximum atomic E-state index is 12.9. The van der Waals surface area contributed by atoms with Gasteiger partial charge < -0.3 is 14.4 Å². The first-order chi connectivity index (χ1) is 12.2. The van der Waals surface area contributed by atoms with Crippen molar-refractivity contribution in [2.45, 2.75) is 30.0 Å². The number of fused-ring (bicyclic) bond motifs is 2. The monoisotopic (exact) mass is 355 g/mol. The highest BCUT2D eigenvalue weighted by molar-refractivity contribution is 8.00. The molecule has 2 aromatic rings. The SMILES string of the molecule is CC(Sc1ccc2c(c1)OCCO2)C(=O)N1CCc2ccccc2C1. The number of benzene rings is 2. The normalized spacial score (nSPS) is 16.9. The van der Waals surface area contributed by atoms with Crippen molar-refractivity contribution in [3.63, 3.8) is 0 Å².